The van der Waals surface area contributed by atoms with Gasteiger partial charge in [-0.15, -0.1) is 11.3 Å². The van der Waals surface area contributed by atoms with E-state index in [1.807, 2.05) is 6.92 Å². The zero-order valence-corrected chi connectivity index (χ0v) is 12.2. The molecule has 1 N–H and O–H groups in total. The van der Waals surface area contributed by atoms with E-state index in [2.05, 4.69) is 12.2 Å². The maximum atomic E-state index is 12.1. The van der Waals surface area contributed by atoms with Crippen LogP contribution < -0.4 is 5.32 Å². The van der Waals surface area contributed by atoms with Crippen LogP contribution in [0, 0.1) is 10.1 Å². The first-order chi connectivity index (χ1) is 9.51. The van der Waals surface area contributed by atoms with Gasteiger partial charge < -0.3 is 5.32 Å². The van der Waals surface area contributed by atoms with Crippen molar-refractivity contribution in [3.8, 4) is 0 Å². The first kappa shape index (κ1) is 14.5. The third kappa shape index (κ3) is 3.14. The number of benzene rings is 1. The van der Waals surface area contributed by atoms with Crippen LogP contribution >= 0.6 is 11.3 Å². The number of nitro benzene ring substituents is 1. The van der Waals surface area contributed by atoms with E-state index in [-0.39, 0.29) is 17.6 Å². The van der Waals surface area contributed by atoms with Crippen LogP contribution in [0.5, 0.6) is 0 Å². The predicted octanol–water partition coefficient (Wildman–Crippen LogP) is 3.73. The number of rotatable bonds is 5. The smallest absolute Gasteiger partial charge is 0.270 e. The van der Waals surface area contributed by atoms with Crippen LogP contribution in [0.3, 0.4) is 0 Å². The largest absolute Gasteiger partial charge is 0.349 e. The van der Waals surface area contributed by atoms with Gasteiger partial charge in [-0.05, 0) is 25.5 Å². The van der Waals surface area contributed by atoms with Gasteiger partial charge in [0.2, 0.25) is 0 Å². The molecule has 1 aromatic heterocycles. The van der Waals surface area contributed by atoms with Crippen molar-refractivity contribution in [3.05, 3.63) is 39.3 Å². The van der Waals surface area contributed by atoms with Crippen LogP contribution in [-0.2, 0) is 0 Å². The van der Waals surface area contributed by atoms with Crippen LogP contribution in [0.2, 0.25) is 0 Å². The quantitative estimate of drug-likeness (QED) is 0.674. The number of non-ortho nitro benzene ring substituents is 1. The van der Waals surface area contributed by atoms with E-state index < -0.39 is 4.92 Å². The maximum absolute atomic E-state index is 12.1. The Kier molecular flexibility index (Phi) is 4.34. The number of hydrogen-bond donors (Lipinski definition) is 1. The second-order valence-corrected chi connectivity index (χ2v) is 5.84. The molecule has 5 nitrogen and oxygen atoms in total. The summed E-state index contributed by atoms with van der Waals surface area (Å²) >= 11 is 1.35. The molecule has 1 atom stereocenters. The Bertz CT molecular complexity index is 651. The molecular weight excluding hydrogens is 276 g/mol. The predicted molar refractivity (Wildman–Crippen MR) is 80.3 cm³/mol. The fraction of sp³-hybridized carbons (Fsp3) is 0.357. The fourth-order valence-corrected chi connectivity index (χ4v) is 3.00. The average molecular weight is 292 g/mol. The summed E-state index contributed by atoms with van der Waals surface area (Å²) in [5, 5.41) is 14.4. The van der Waals surface area contributed by atoms with Gasteiger partial charge in [-0.2, -0.15) is 0 Å². The molecule has 0 fully saturated rings. The Morgan fingerprint density at radius 1 is 1.45 bits per heavy atom. The molecule has 0 aliphatic carbocycles. The van der Waals surface area contributed by atoms with E-state index in [1.54, 1.807) is 12.1 Å². The Morgan fingerprint density at radius 3 is 2.85 bits per heavy atom. The molecule has 0 aliphatic heterocycles. The first-order valence-electron chi connectivity index (χ1n) is 6.50. The molecule has 1 aromatic carbocycles. The fourth-order valence-electron chi connectivity index (χ4n) is 2.06. The number of carbonyl (C=O) groups excluding carboxylic acids is 1. The molecule has 1 amide bonds. The molecule has 0 saturated carbocycles. The molecule has 1 unspecified atom stereocenters. The number of hydrogen-bond acceptors (Lipinski definition) is 4. The van der Waals surface area contributed by atoms with Gasteiger partial charge in [0.15, 0.2) is 0 Å². The van der Waals surface area contributed by atoms with E-state index in [9.17, 15) is 14.9 Å². The third-order valence-electron chi connectivity index (χ3n) is 3.03. The molecule has 0 radical (unpaired) electrons. The minimum absolute atomic E-state index is 0.0432. The van der Waals surface area contributed by atoms with Crippen molar-refractivity contribution >= 4 is 33.0 Å². The van der Waals surface area contributed by atoms with Crippen molar-refractivity contribution in [2.75, 3.05) is 0 Å². The Balaban J connectivity index is 2.23. The van der Waals surface area contributed by atoms with Gasteiger partial charge in [0.1, 0.15) is 0 Å². The van der Waals surface area contributed by atoms with Gasteiger partial charge in [-0.25, -0.2) is 0 Å². The highest BCUT2D eigenvalue weighted by Crippen LogP contribution is 2.28. The SMILES string of the molecule is CCCC(C)NC(=O)c1cc2cc([N+](=O)[O-])ccc2s1. The number of carbonyl (C=O) groups is 1. The molecular formula is C14H16N2O3S. The molecule has 2 rings (SSSR count). The van der Waals surface area contributed by atoms with Crippen molar-refractivity contribution in [2.45, 2.75) is 32.7 Å². The van der Waals surface area contributed by atoms with Gasteiger partial charge in [0, 0.05) is 28.3 Å². The van der Waals surface area contributed by atoms with E-state index in [4.69, 9.17) is 0 Å². The summed E-state index contributed by atoms with van der Waals surface area (Å²) < 4.78 is 0.879. The number of fused-ring (bicyclic) bond motifs is 1. The zero-order chi connectivity index (χ0) is 14.7. The normalized spacial score (nSPS) is 12.3. The summed E-state index contributed by atoms with van der Waals surface area (Å²) in [5.41, 5.74) is 0.0432. The first-order valence-corrected chi connectivity index (χ1v) is 7.31. The second-order valence-electron chi connectivity index (χ2n) is 4.75. The van der Waals surface area contributed by atoms with Crippen molar-refractivity contribution in [1.29, 1.82) is 0 Å². The Morgan fingerprint density at radius 2 is 2.20 bits per heavy atom. The van der Waals surface area contributed by atoms with Crippen molar-refractivity contribution in [1.82, 2.24) is 5.32 Å². The molecule has 20 heavy (non-hydrogen) atoms. The van der Waals surface area contributed by atoms with Crippen LogP contribution in [0.1, 0.15) is 36.4 Å². The lowest BCUT2D eigenvalue weighted by Gasteiger charge is -2.11. The molecule has 1 heterocycles. The minimum atomic E-state index is -0.430. The highest BCUT2D eigenvalue weighted by Gasteiger charge is 2.14. The molecule has 6 heteroatoms. The maximum Gasteiger partial charge on any atom is 0.270 e. The molecule has 0 saturated heterocycles. The standard InChI is InChI=1S/C14H16N2O3S/c1-3-4-9(2)15-14(17)13-8-10-7-11(16(18)19)5-6-12(10)20-13/h5-9H,3-4H2,1-2H3,(H,15,17). The zero-order valence-electron chi connectivity index (χ0n) is 11.4. The van der Waals surface area contributed by atoms with E-state index in [0.717, 1.165) is 22.9 Å². The van der Waals surface area contributed by atoms with Crippen LogP contribution in [0.15, 0.2) is 24.3 Å². The lowest BCUT2D eigenvalue weighted by molar-refractivity contribution is -0.384. The van der Waals surface area contributed by atoms with Crippen molar-refractivity contribution in [3.63, 3.8) is 0 Å². The number of nitro groups is 1. The van der Waals surface area contributed by atoms with Crippen LogP contribution in [0.4, 0.5) is 5.69 Å². The monoisotopic (exact) mass is 292 g/mol. The average Bonchev–Trinajstić information content (AvgIpc) is 2.81. The van der Waals surface area contributed by atoms with E-state index >= 15 is 0 Å². The van der Waals surface area contributed by atoms with E-state index in [1.165, 1.54) is 23.5 Å². The number of amides is 1. The van der Waals surface area contributed by atoms with Gasteiger partial charge in [0.25, 0.3) is 11.6 Å². The Hall–Kier alpha value is -1.95. The van der Waals surface area contributed by atoms with Gasteiger partial charge >= 0.3 is 0 Å². The number of nitrogens with zero attached hydrogens (tertiary/aromatic N) is 1. The topological polar surface area (TPSA) is 72.2 Å². The molecule has 2 aromatic rings. The highest BCUT2D eigenvalue weighted by molar-refractivity contribution is 7.20. The highest BCUT2D eigenvalue weighted by atomic mass is 32.1. The summed E-state index contributed by atoms with van der Waals surface area (Å²) in [4.78, 5) is 23.0. The number of nitrogens with one attached hydrogen (secondary N) is 1. The Labute approximate surface area is 120 Å². The van der Waals surface area contributed by atoms with Gasteiger partial charge in [-0.3, -0.25) is 14.9 Å². The summed E-state index contributed by atoms with van der Waals surface area (Å²) in [6.45, 7) is 4.04. The van der Waals surface area contributed by atoms with Gasteiger partial charge in [-0.1, -0.05) is 13.3 Å². The second kappa shape index (κ2) is 6.00. The number of thiophene rings is 1. The summed E-state index contributed by atoms with van der Waals surface area (Å²) in [7, 11) is 0. The summed E-state index contributed by atoms with van der Waals surface area (Å²) in [6.07, 6.45) is 1.95. The summed E-state index contributed by atoms with van der Waals surface area (Å²) in [6, 6.07) is 6.48. The molecule has 106 valence electrons. The lowest BCUT2D eigenvalue weighted by Crippen LogP contribution is -2.31. The molecule has 0 spiro atoms. The lowest BCUT2D eigenvalue weighted by atomic mass is 10.2. The molecule has 0 bridgehead atoms. The third-order valence-corrected chi connectivity index (χ3v) is 4.15. The van der Waals surface area contributed by atoms with Gasteiger partial charge in [0.05, 0.1) is 9.80 Å². The minimum Gasteiger partial charge on any atom is -0.349 e. The summed E-state index contributed by atoms with van der Waals surface area (Å²) in [5.74, 6) is -0.116. The van der Waals surface area contributed by atoms with Crippen molar-refractivity contribution in [2.24, 2.45) is 0 Å². The van der Waals surface area contributed by atoms with E-state index in [0.29, 0.717) is 4.88 Å². The van der Waals surface area contributed by atoms with Crippen LogP contribution in [-0.4, -0.2) is 16.9 Å². The van der Waals surface area contributed by atoms with Crippen LogP contribution in [0.25, 0.3) is 10.1 Å². The molecule has 0 aliphatic rings. The van der Waals surface area contributed by atoms with Crippen molar-refractivity contribution < 1.29 is 9.72 Å².